The Morgan fingerprint density at radius 2 is 2.00 bits per heavy atom. The van der Waals surface area contributed by atoms with E-state index in [2.05, 4.69) is 16.2 Å². The minimum Gasteiger partial charge on any atom is -0.466 e. The molecule has 0 N–H and O–H groups in total. The molecule has 1 rings (SSSR count). The molecule has 74 valence electrons. The molecule has 0 aromatic carbocycles. The molecule has 0 radical (unpaired) electrons. The number of rotatable bonds is 3. The first-order valence-electron chi connectivity index (χ1n) is 4.72. The molecule has 1 heterocycles. The van der Waals surface area contributed by atoms with E-state index in [1.165, 1.54) is 26.4 Å². The van der Waals surface area contributed by atoms with Gasteiger partial charge in [0, 0.05) is 12.1 Å². The Morgan fingerprint density at radius 3 is 2.54 bits per heavy atom. The predicted octanol–water partition coefficient (Wildman–Crippen LogP) is 1.20. The summed E-state index contributed by atoms with van der Waals surface area (Å²) in [6, 6.07) is 0. The van der Waals surface area contributed by atoms with Gasteiger partial charge in [0.15, 0.2) is 0 Å². The van der Waals surface area contributed by atoms with E-state index in [9.17, 15) is 4.79 Å². The maximum Gasteiger partial charge on any atom is 0.334 e. The maximum absolute atomic E-state index is 11.0. The van der Waals surface area contributed by atoms with Gasteiger partial charge in [-0.3, -0.25) is 4.90 Å². The van der Waals surface area contributed by atoms with Crippen LogP contribution in [0.15, 0.2) is 12.2 Å². The van der Waals surface area contributed by atoms with E-state index in [-0.39, 0.29) is 5.97 Å². The van der Waals surface area contributed by atoms with Crippen molar-refractivity contribution in [3.05, 3.63) is 12.2 Å². The molecule has 0 amide bonds. The van der Waals surface area contributed by atoms with Crippen LogP contribution in [0.25, 0.3) is 0 Å². The Morgan fingerprint density at radius 1 is 1.38 bits per heavy atom. The van der Waals surface area contributed by atoms with Gasteiger partial charge < -0.3 is 4.74 Å². The Labute approximate surface area is 79.4 Å². The van der Waals surface area contributed by atoms with Crippen LogP contribution in [0.5, 0.6) is 0 Å². The highest BCUT2D eigenvalue weighted by atomic mass is 16.5. The van der Waals surface area contributed by atoms with Gasteiger partial charge in [-0.1, -0.05) is 13.0 Å². The van der Waals surface area contributed by atoms with Crippen LogP contribution in [0.1, 0.15) is 19.3 Å². The summed E-state index contributed by atoms with van der Waals surface area (Å²) in [7, 11) is 1.39. The molecule has 3 nitrogen and oxygen atoms in total. The van der Waals surface area contributed by atoms with Crippen molar-refractivity contribution in [1.82, 2.24) is 4.90 Å². The fourth-order valence-electron chi connectivity index (χ4n) is 1.60. The molecule has 0 saturated carbocycles. The van der Waals surface area contributed by atoms with E-state index >= 15 is 0 Å². The van der Waals surface area contributed by atoms with E-state index in [4.69, 9.17) is 0 Å². The van der Waals surface area contributed by atoms with E-state index in [1.54, 1.807) is 0 Å². The lowest BCUT2D eigenvalue weighted by atomic mass is 10.1. The van der Waals surface area contributed by atoms with Crippen LogP contribution in [0, 0.1) is 0 Å². The molecule has 1 saturated heterocycles. The molecule has 1 aliphatic rings. The normalized spacial score (nSPS) is 18.2. The third-order valence-electron chi connectivity index (χ3n) is 2.34. The molecule has 0 spiro atoms. The van der Waals surface area contributed by atoms with Gasteiger partial charge in [-0.2, -0.15) is 0 Å². The summed E-state index contributed by atoms with van der Waals surface area (Å²) in [5.74, 6) is -0.287. The molecular weight excluding hydrogens is 166 g/mol. The maximum atomic E-state index is 11.0. The van der Waals surface area contributed by atoms with Crippen molar-refractivity contribution in [2.45, 2.75) is 19.3 Å². The summed E-state index contributed by atoms with van der Waals surface area (Å²) in [5, 5.41) is 0. The number of esters is 1. The van der Waals surface area contributed by atoms with Crippen molar-refractivity contribution in [3.8, 4) is 0 Å². The number of methoxy groups -OCH3 is 1. The van der Waals surface area contributed by atoms with Gasteiger partial charge in [0.25, 0.3) is 0 Å². The number of piperidine rings is 1. The van der Waals surface area contributed by atoms with Crippen LogP contribution in [0.2, 0.25) is 0 Å². The lowest BCUT2D eigenvalue weighted by Crippen LogP contribution is -2.32. The molecule has 0 bridgehead atoms. The van der Waals surface area contributed by atoms with Gasteiger partial charge in [0.1, 0.15) is 0 Å². The van der Waals surface area contributed by atoms with E-state index in [0.29, 0.717) is 12.1 Å². The summed E-state index contributed by atoms with van der Waals surface area (Å²) in [6.07, 6.45) is 3.77. The first-order chi connectivity index (χ1) is 6.24. The van der Waals surface area contributed by atoms with Crippen LogP contribution >= 0.6 is 0 Å². The average molecular weight is 183 g/mol. The second-order valence-corrected chi connectivity index (χ2v) is 3.43. The van der Waals surface area contributed by atoms with E-state index < -0.39 is 0 Å². The summed E-state index contributed by atoms with van der Waals surface area (Å²) < 4.78 is 4.59. The quantitative estimate of drug-likeness (QED) is 0.486. The molecule has 0 unspecified atom stereocenters. The largest absolute Gasteiger partial charge is 0.466 e. The average Bonchev–Trinajstić information content (AvgIpc) is 2.18. The zero-order chi connectivity index (χ0) is 9.68. The summed E-state index contributed by atoms with van der Waals surface area (Å²) in [6.45, 7) is 6.52. The lowest BCUT2D eigenvalue weighted by molar-refractivity contribution is -0.136. The highest BCUT2D eigenvalue weighted by Gasteiger charge is 2.14. The van der Waals surface area contributed by atoms with Crippen LogP contribution in [-0.4, -0.2) is 37.6 Å². The van der Waals surface area contributed by atoms with Crippen LogP contribution < -0.4 is 0 Å². The Hall–Kier alpha value is -0.830. The Balaban J connectivity index is 2.30. The molecule has 13 heavy (non-hydrogen) atoms. The number of likely N-dealkylation sites (tertiary alicyclic amines) is 1. The monoisotopic (exact) mass is 183 g/mol. The predicted molar refractivity (Wildman–Crippen MR) is 51.4 cm³/mol. The number of carbonyl (C=O) groups is 1. The number of ether oxygens (including phenoxy) is 1. The minimum atomic E-state index is -0.287. The number of hydrogen-bond donors (Lipinski definition) is 0. The number of nitrogens with zero attached hydrogens (tertiary/aromatic N) is 1. The molecule has 0 atom stereocenters. The van der Waals surface area contributed by atoms with Crippen molar-refractivity contribution in [2.75, 3.05) is 26.7 Å². The van der Waals surface area contributed by atoms with Gasteiger partial charge in [-0.15, -0.1) is 0 Å². The highest BCUT2D eigenvalue weighted by molar-refractivity contribution is 5.88. The van der Waals surface area contributed by atoms with Crippen LogP contribution in [0.3, 0.4) is 0 Å². The summed E-state index contributed by atoms with van der Waals surface area (Å²) in [4.78, 5) is 13.3. The van der Waals surface area contributed by atoms with Crippen molar-refractivity contribution < 1.29 is 9.53 Å². The zero-order valence-corrected chi connectivity index (χ0v) is 8.21. The second kappa shape index (κ2) is 5.02. The molecular formula is C10H17NO2. The van der Waals surface area contributed by atoms with Gasteiger partial charge in [-0.25, -0.2) is 4.79 Å². The van der Waals surface area contributed by atoms with E-state index in [1.807, 2.05) is 0 Å². The van der Waals surface area contributed by atoms with Gasteiger partial charge in [-0.05, 0) is 25.9 Å². The topological polar surface area (TPSA) is 29.5 Å². The smallest absolute Gasteiger partial charge is 0.334 e. The SMILES string of the molecule is C=C(CN1CCCCC1)C(=O)OC. The van der Waals surface area contributed by atoms with Gasteiger partial charge >= 0.3 is 5.97 Å². The first kappa shape index (κ1) is 10.3. The summed E-state index contributed by atoms with van der Waals surface area (Å²) in [5.41, 5.74) is 0.560. The fourth-order valence-corrected chi connectivity index (χ4v) is 1.60. The Bertz CT molecular complexity index is 195. The first-order valence-corrected chi connectivity index (χ1v) is 4.72. The molecule has 0 aromatic rings. The van der Waals surface area contributed by atoms with Crippen molar-refractivity contribution >= 4 is 5.97 Å². The fraction of sp³-hybridized carbons (Fsp3) is 0.700. The highest BCUT2D eigenvalue weighted by Crippen LogP contribution is 2.10. The number of hydrogen-bond acceptors (Lipinski definition) is 3. The van der Waals surface area contributed by atoms with Crippen molar-refractivity contribution in [1.29, 1.82) is 0 Å². The van der Waals surface area contributed by atoms with E-state index in [0.717, 1.165) is 13.1 Å². The molecule has 1 aliphatic heterocycles. The third kappa shape index (κ3) is 3.19. The minimum absolute atomic E-state index is 0.287. The standard InChI is InChI=1S/C10H17NO2/c1-9(10(12)13-2)8-11-6-4-3-5-7-11/h1,3-8H2,2H3. The van der Waals surface area contributed by atoms with Crippen LogP contribution in [-0.2, 0) is 9.53 Å². The zero-order valence-electron chi connectivity index (χ0n) is 8.21. The van der Waals surface area contributed by atoms with Gasteiger partial charge in [0.05, 0.1) is 7.11 Å². The molecule has 3 heteroatoms. The lowest BCUT2D eigenvalue weighted by Gasteiger charge is -2.26. The van der Waals surface area contributed by atoms with Crippen molar-refractivity contribution in [3.63, 3.8) is 0 Å². The second-order valence-electron chi connectivity index (χ2n) is 3.43. The number of carbonyl (C=O) groups excluding carboxylic acids is 1. The van der Waals surface area contributed by atoms with Gasteiger partial charge in [0.2, 0.25) is 0 Å². The van der Waals surface area contributed by atoms with Crippen molar-refractivity contribution in [2.24, 2.45) is 0 Å². The van der Waals surface area contributed by atoms with Crippen LogP contribution in [0.4, 0.5) is 0 Å². The third-order valence-corrected chi connectivity index (χ3v) is 2.34. The molecule has 0 aromatic heterocycles. The summed E-state index contributed by atoms with van der Waals surface area (Å²) >= 11 is 0. The molecule has 1 fully saturated rings. The Kier molecular flexibility index (Phi) is 3.96. The molecule has 0 aliphatic carbocycles.